The topological polar surface area (TPSA) is 130 Å². The van der Waals surface area contributed by atoms with Crippen LogP contribution < -0.4 is 15.4 Å². The first-order chi connectivity index (χ1) is 14.3. The summed E-state index contributed by atoms with van der Waals surface area (Å²) in [6.07, 6.45) is 2.20. The van der Waals surface area contributed by atoms with E-state index in [0.717, 1.165) is 0 Å². The third-order valence-corrected chi connectivity index (χ3v) is 6.25. The lowest BCUT2D eigenvalue weighted by molar-refractivity contribution is -0.384. The minimum atomic E-state index is -3.83. The van der Waals surface area contributed by atoms with E-state index in [1.807, 2.05) is 6.26 Å². The molecule has 11 heteroatoms. The van der Waals surface area contributed by atoms with Crippen LogP contribution in [-0.4, -0.2) is 50.4 Å². The zero-order valence-corrected chi connectivity index (χ0v) is 18.0. The molecule has 1 atom stereocenters. The second kappa shape index (κ2) is 11.5. The maximum atomic E-state index is 12.6. The van der Waals surface area contributed by atoms with Gasteiger partial charge in [-0.3, -0.25) is 14.9 Å². The molecule has 1 unspecified atom stereocenters. The highest BCUT2D eigenvalue weighted by molar-refractivity contribution is 7.98. The van der Waals surface area contributed by atoms with Crippen molar-refractivity contribution in [3.05, 3.63) is 64.7 Å². The van der Waals surface area contributed by atoms with Gasteiger partial charge in [0, 0.05) is 19.2 Å². The SMILES string of the molecule is CSCCC(NS(=O)(=O)c1ccccc1)C(=O)NCCNc1ccccc1[N+](=O)[O-]. The fourth-order valence-electron chi connectivity index (χ4n) is 2.62. The summed E-state index contributed by atoms with van der Waals surface area (Å²) < 4.78 is 27.6. The number of nitrogens with zero attached hydrogens (tertiary/aromatic N) is 1. The summed E-state index contributed by atoms with van der Waals surface area (Å²) in [7, 11) is -3.83. The molecule has 1 amide bonds. The second-order valence-corrected chi connectivity index (χ2v) is 8.96. The maximum absolute atomic E-state index is 12.6. The first-order valence-corrected chi connectivity index (χ1v) is 12.0. The largest absolute Gasteiger partial charge is 0.378 e. The first kappa shape index (κ1) is 23.6. The summed E-state index contributed by atoms with van der Waals surface area (Å²) in [6.45, 7) is 0.422. The van der Waals surface area contributed by atoms with Crippen molar-refractivity contribution in [2.24, 2.45) is 0 Å². The molecule has 0 aliphatic rings. The van der Waals surface area contributed by atoms with Crippen molar-refractivity contribution in [1.29, 1.82) is 0 Å². The maximum Gasteiger partial charge on any atom is 0.292 e. The smallest absolute Gasteiger partial charge is 0.292 e. The van der Waals surface area contributed by atoms with Crippen LogP contribution in [-0.2, 0) is 14.8 Å². The third-order valence-electron chi connectivity index (χ3n) is 4.12. The fourth-order valence-corrected chi connectivity index (χ4v) is 4.34. The lowest BCUT2D eigenvalue weighted by Crippen LogP contribution is -2.47. The highest BCUT2D eigenvalue weighted by Crippen LogP contribution is 2.22. The van der Waals surface area contributed by atoms with E-state index in [-0.39, 0.29) is 23.7 Å². The van der Waals surface area contributed by atoms with E-state index in [4.69, 9.17) is 0 Å². The number of nitro groups is 1. The zero-order chi connectivity index (χ0) is 22.0. The number of hydrogen-bond acceptors (Lipinski definition) is 7. The van der Waals surface area contributed by atoms with E-state index in [2.05, 4.69) is 15.4 Å². The molecule has 0 heterocycles. The standard InChI is InChI=1S/C19H24N4O5S2/c1-29-14-11-17(22-30(27,28)15-7-3-2-4-8-15)19(24)21-13-12-20-16-9-5-6-10-18(16)23(25)26/h2-10,17,20,22H,11-14H2,1H3,(H,21,24). The Morgan fingerprint density at radius 3 is 2.43 bits per heavy atom. The number of hydrogen-bond donors (Lipinski definition) is 3. The van der Waals surface area contributed by atoms with Gasteiger partial charge in [0.1, 0.15) is 11.7 Å². The van der Waals surface area contributed by atoms with Gasteiger partial charge in [-0.1, -0.05) is 30.3 Å². The molecule has 30 heavy (non-hydrogen) atoms. The van der Waals surface area contributed by atoms with Gasteiger partial charge in [-0.25, -0.2) is 8.42 Å². The van der Waals surface area contributed by atoms with Crippen molar-refractivity contribution in [3.63, 3.8) is 0 Å². The monoisotopic (exact) mass is 452 g/mol. The van der Waals surface area contributed by atoms with Crippen LogP contribution in [0.1, 0.15) is 6.42 Å². The van der Waals surface area contributed by atoms with Crippen molar-refractivity contribution >= 4 is 39.1 Å². The molecule has 0 fully saturated rings. The van der Waals surface area contributed by atoms with Gasteiger partial charge in [-0.15, -0.1) is 0 Å². The molecule has 162 valence electrons. The minimum Gasteiger partial charge on any atom is -0.378 e. The number of para-hydroxylation sites is 2. The number of sulfonamides is 1. The van der Waals surface area contributed by atoms with E-state index < -0.39 is 26.9 Å². The lowest BCUT2D eigenvalue weighted by Gasteiger charge is -2.18. The Balaban J connectivity index is 1.95. The minimum absolute atomic E-state index is 0.0581. The Morgan fingerprint density at radius 2 is 1.77 bits per heavy atom. The van der Waals surface area contributed by atoms with E-state index in [9.17, 15) is 23.3 Å². The number of anilines is 1. The highest BCUT2D eigenvalue weighted by Gasteiger charge is 2.25. The lowest BCUT2D eigenvalue weighted by atomic mass is 10.2. The molecule has 3 N–H and O–H groups in total. The molecule has 0 aliphatic carbocycles. The zero-order valence-electron chi connectivity index (χ0n) is 16.4. The van der Waals surface area contributed by atoms with Crippen LogP contribution in [0.4, 0.5) is 11.4 Å². The first-order valence-electron chi connectivity index (χ1n) is 9.16. The van der Waals surface area contributed by atoms with Gasteiger partial charge in [-0.05, 0) is 36.6 Å². The van der Waals surface area contributed by atoms with Crippen molar-refractivity contribution in [1.82, 2.24) is 10.0 Å². The Morgan fingerprint density at radius 1 is 1.10 bits per heavy atom. The number of thioether (sulfide) groups is 1. The van der Waals surface area contributed by atoms with Crippen molar-refractivity contribution in [2.75, 3.05) is 30.4 Å². The summed E-state index contributed by atoms with van der Waals surface area (Å²) in [5, 5.41) is 16.6. The van der Waals surface area contributed by atoms with E-state index >= 15 is 0 Å². The number of amides is 1. The molecular formula is C19H24N4O5S2. The average molecular weight is 453 g/mol. The molecule has 0 spiro atoms. The molecule has 2 rings (SSSR count). The predicted molar refractivity (Wildman–Crippen MR) is 118 cm³/mol. The highest BCUT2D eigenvalue weighted by atomic mass is 32.2. The number of nitrogens with one attached hydrogen (secondary N) is 3. The number of benzene rings is 2. The summed E-state index contributed by atoms with van der Waals surface area (Å²) >= 11 is 1.51. The molecule has 0 saturated carbocycles. The van der Waals surface area contributed by atoms with Gasteiger partial charge in [0.15, 0.2) is 0 Å². The van der Waals surface area contributed by atoms with E-state index in [0.29, 0.717) is 17.9 Å². The van der Waals surface area contributed by atoms with Crippen LogP contribution >= 0.6 is 11.8 Å². The molecule has 2 aromatic carbocycles. The summed E-state index contributed by atoms with van der Waals surface area (Å²) in [4.78, 5) is 23.2. The quantitative estimate of drug-likeness (QED) is 0.256. The van der Waals surface area contributed by atoms with Gasteiger partial charge in [-0.2, -0.15) is 16.5 Å². The normalized spacial score (nSPS) is 12.2. The average Bonchev–Trinajstić information content (AvgIpc) is 2.74. The molecule has 9 nitrogen and oxygen atoms in total. The Bertz CT molecular complexity index is 954. The van der Waals surface area contributed by atoms with Crippen LogP contribution in [0.15, 0.2) is 59.5 Å². The molecule has 0 aromatic heterocycles. The third kappa shape index (κ3) is 7.01. The Hall–Kier alpha value is -2.63. The predicted octanol–water partition coefficient (Wildman–Crippen LogP) is 2.22. The number of nitro benzene ring substituents is 1. The van der Waals surface area contributed by atoms with Gasteiger partial charge < -0.3 is 10.6 Å². The fraction of sp³-hybridized carbons (Fsp3) is 0.316. The van der Waals surface area contributed by atoms with Crippen molar-refractivity contribution < 1.29 is 18.1 Å². The van der Waals surface area contributed by atoms with Gasteiger partial charge >= 0.3 is 0 Å². The van der Waals surface area contributed by atoms with Crippen LogP contribution in [0.3, 0.4) is 0 Å². The molecule has 2 aromatic rings. The molecule has 0 radical (unpaired) electrons. The summed E-state index contributed by atoms with van der Waals surface area (Å²) in [5.41, 5.74) is 0.290. The molecule has 0 saturated heterocycles. The number of carbonyl (C=O) groups is 1. The Kier molecular flexibility index (Phi) is 9.09. The number of carbonyl (C=O) groups excluding carboxylic acids is 1. The number of rotatable bonds is 12. The van der Waals surface area contributed by atoms with E-state index in [1.165, 1.54) is 30.0 Å². The van der Waals surface area contributed by atoms with Crippen molar-refractivity contribution in [2.45, 2.75) is 17.4 Å². The van der Waals surface area contributed by atoms with Gasteiger partial charge in [0.25, 0.3) is 5.69 Å². The van der Waals surface area contributed by atoms with Crippen LogP contribution in [0.5, 0.6) is 0 Å². The molecular weight excluding hydrogens is 428 g/mol. The van der Waals surface area contributed by atoms with Crippen LogP contribution in [0.25, 0.3) is 0 Å². The molecule has 0 bridgehead atoms. The summed E-state index contributed by atoms with van der Waals surface area (Å²) in [6, 6.07) is 13.1. The van der Waals surface area contributed by atoms with Crippen molar-refractivity contribution in [3.8, 4) is 0 Å². The second-order valence-electron chi connectivity index (χ2n) is 6.26. The van der Waals surface area contributed by atoms with Crippen LogP contribution in [0, 0.1) is 10.1 Å². The van der Waals surface area contributed by atoms with Gasteiger partial charge in [0.2, 0.25) is 15.9 Å². The van der Waals surface area contributed by atoms with Crippen LogP contribution in [0.2, 0.25) is 0 Å². The summed E-state index contributed by atoms with van der Waals surface area (Å²) in [5.74, 6) is 0.150. The van der Waals surface area contributed by atoms with E-state index in [1.54, 1.807) is 36.4 Å². The molecule has 0 aliphatic heterocycles. The van der Waals surface area contributed by atoms with Gasteiger partial charge in [0.05, 0.1) is 9.82 Å². The Labute approximate surface area is 179 Å².